The summed E-state index contributed by atoms with van der Waals surface area (Å²) < 4.78 is 10.8. The van der Waals surface area contributed by atoms with E-state index >= 15 is 0 Å². The largest absolute Gasteiger partial charge is 0.479 e. The van der Waals surface area contributed by atoms with E-state index in [1.807, 2.05) is 0 Å². The Balaban J connectivity index is 1.54. The van der Waals surface area contributed by atoms with Crippen LogP contribution in [0.4, 0.5) is 5.69 Å². The fourth-order valence-corrected chi connectivity index (χ4v) is 2.90. The number of nitrogens with one attached hydrogen (secondary N) is 2. The van der Waals surface area contributed by atoms with Crippen LogP contribution in [0.25, 0.3) is 0 Å². The van der Waals surface area contributed by atoms with Crippen molar-refractivity contribution in [3.8, 4) is 5.75 Å². The van der Waals surface area contributed by atoms with E-state index in [-0.39, 0.29) is 11.8 Å². The Hall–Kier alpha value is -2.96. The Kier molecular flexibility index (Phi) is 6.80. The third-order valence-corrected chi connectivity index (χ3v) is 4.52. The number of benzene rings is 2. The molecule has 0 bridgehead atoms. The molecule has 8 heteroatoms. The van der Waals surface area contributed by atoms with Crippen LogP contribution in [0.5, 0.6) is 5.75 Å². The number of hydrogen-bond acceptors (Lipinski definition) is 4. The fraction of sp³-hybridized carbons (Fsp3) is 0.143. The standard InChI is InChI=1S/C21H18Cl2N2O4/c1-13(29-19-9-6-15(22)11-18(19)23)20(26)25-16-7-4-14(5-8-16)21(27)24-12-17-3-2-10-28-17/h2-11,13H,12H2,1H3,(H,24,27)(H,25,26). The number of carbonyl (C=O) groups is 2. The number of carbonyl (C=O) groups excluding carboxylic acids is 2. The molecule has 2 N–H and O–H groups in total. The van der Waals surface area contributed by atoms with Gasteiger partial charge in [0.15, 0.2) is 6.10 Å². The third-order valence-electron chi connectivity index (χ3n) is 3.98. The minimum atomic E-state index is -0.787. The maximum atomic E-state index is 12.4. The molecule has 0 spiro atoms. The summed E-state index contributed by atoms with van der Waals surface area (Å²) in [5.41, 5.74) is 1.00. The van der Waals surface area contributed by atoms with Gasteiger partial charge in [-0.05, 0) is 61.5 Å². The summed E-state index contributed by atoms with van der Waals surface area (Å²) >= 11 is 11.9. The molecule has 3 aromatic rings. The quantitative estimate of drug-likeness (QED) is 0.554. The van der Waals surface area contributed by atoms with Crippen LogP contribution in [0.3, 0.4) is 0 Å². The van der Waals surface area contributed by atoms with Gasteiger partial charge in [0, 0.05) is 16.3 Å². The zero-order chi connectivity index (χ0) is 20.8. The lowest BCUT2D eigenvalue weighted by atomic mass is 10.2. The van der Waals surface area contributed by atoms with E-state index in [0.717, 1.165) is 0 Å². The monoisotopic (exact) mass is 432 g/mol. The molecular weight excluding hydrogens is 415 g/mol. The van der Waals surface area contributed by atoms with Gasteiger partial charge in [0.2, 0.25) is 0 Å². The molecule has 29 heavy (non-hydrogen) atoms. The van der Waals surface area contributed by atoms with Gasteiger partial charge >= 0.3 is 0 Å². The molecule has 2 aromatic carbocycles. The Labute approximate surface area is 177 Å². The van der Waals surface area contributed by atoms with Crippen LogP contribution in [0.2, 0.25) is 10.0 Å². The number of halogens is 2. The van der Waals surface area contributed by atoms with E-state index in [1.165, 1.54) is 0 Å². The summed E-state index contributed by atoms with van der Waals surface area (Å²) in [4.78, 5) is 24.5. The number of furan rings is 1. The van der Waals surface area contributed by atoms with Gasteiger partial charge in [-0.25, -0.2) is 0 Å². The molecule has 150 valence electrons. The zero-order valence-electron chi connectivity index (χ0n) is 15.4. The summed E-state index contributed by atoms with van der Waals surface area (Å²) in [5.74, 6) is 0.429. The van der Waals surface area contributed by atoms with E-state index in [9.17, 15) is 9.59 Å². The molecule has 0 saturated carbocycles. The van der Waals surface area contributed by atoms with E-state index < -0.39 is 6.10 Å². The predicted molar refractivity (Wildman–Crippen MR) is 112 cm³/mol. The third kappa shape index (κ3) is 5.76. The molecule has 1 heterocycles. The normalized spacial score (nSPS) is 11.6. The fourth-order valence-electron chi connectivity index (χ4n) is 2.45. The number of ether oxygens (including phenoxy) is 1. The first kappa shape index (κ1) is 20.8. The first-order valence-corrected chi connectivity index (χ1v) is 9.51. The number of anilines is 1. The van der Waals surface area contributed by atoms with Crippen molar-refractivity contribution in [2.24, 2.45) is 0 Å². The predicted octanol–water partition coefficient (Wildman–Crippen LogP) is 4.92. The van der Waals surface area contributed by atoms with Gasteiger partial charge < -0.3 is 19.8 Å². The molecule has 0 radical (unpaired) electrons. The van der Waals surface area contributed by atoms with E-state index in [4.69, 9.17) is 32.4 Å². The second-order valence-corrected chi connectivity index (χ2v) is 7.01. The molecule has 1 atom stereocenters. The Morgan fingerprint density at radius 1 is 1.10 bits per heavy atom. The highest BCUT2D eigenvalue weighted by Gasteiger charge is 2.17. The number of rotatable bonds is 7. The highest BCUT2D eigenvalue weighted by molar-refractivity contribution is 6.35. The molecule has 3 rings (SSSR count). The molecule has 0 aliphatic carbocycles. The Bertz CT molecular complexity index is 988. The van der Waals surface area contributed by atoms with E-state index in [0.29, 0.717) is 39.4 Å². The molecule has 6 nitrogen and oxygen atoms in total. The lowest BCUT2D eigenvalue weighted by Gasteiger charge is -2.16. The van der Waals surface area contributed by atoms with Crippen LogP contribution >= 0.6 is 23.2 Å². The Morgan fingerprint density at radius 3 is 2.52 bits per heavy atom. The van der Waals surface area contributed by atoms with Crippen molar-refractivity contribution in [3.05, 3.63) is 82.2 Å². The first-order chi connectivity index (χ1) is 13.9. The van der Waals surface area contributed by atoms with Crippen LogP contribution in [0.15, 0.2) is 65.3 Å². The number of hydrogen-bond donors (Lipinski definition) is 2. The second-order valence-electron chi connectivity index (χ2n) is 6.16. The van der Waals surface area contributed by atoms with Gasteiger partial charge in [-0.3, -0.25) is 9.59 Å². The minimum absolute atomic E-state index is 0.242. The van der Waals surface area contributed by atoms with Gasteiger partial charge in [0.25, 0.3) is 11.8 Å². The van der Waals surface area contributed by atoms with Crippen molar-refractivity contribution in [2.75, 3.05) is 5.32 Å². The first-order valence-electron chi connectivity index (χ1n) is 8.75. The van der Waals surface area contributed by atoms with Gasteiger partial charge in [-0.2, -0.15) is 0 Å². The van der Waals surface area contributed by atoms with Gasteiger partial charge in [-0.1, -0.05) is 23.2 Å². The molecule has 0 saturated heterocycles. The van der Waals surface area contributed by atoms with Crippen LogP contribution in [-0.4, -0.2) is 17.9 Å². The lowest BCUT2D eigenvalue weighted by molar-refractivity contribution is -0.122. The summed E-state index contributed by atoms with van der Waals surface area (Å²) in [6, 6.07) is 14.8. The summed E-state index contributed by atoms with van der Waals surface area (Å²) in [7, 11) is 0. The van der Waals surface area contributed by atoms with Gasteiger partial charge in [-0.15, -0.1) is 0 Å². The molecule has 0 fully saturated rings. The average Bonchev–Trinajstić information content (AvgIpc) is 3.22. The summed E-state index contributed by atoms with van der Waals surface area (Å²) in [5, 5.41) is 6.29. The maximum absolute atomic E-state index is 12.4. The van der Waals surface area contributed by atoms with Crippen molar-refractivity contribution in [1.82, 2.24) is 5.32 Å². The molecule has 0 aliphatic heterocycles. The molecule has 0 aliphatic rings. The highest BCUT2D eigenvalue weighted by atomic mass is 35.5. The van der Waals surface area contributed by atoms with Gasteiger partial charge in [0.05, 0.1) is 17.8 Å². The summed E-state index contributed by atoms with van der Waals surface area (Å²) in [6.07, 6.45) is 0.759. The summed E-state index contributed by atoms with van der Waals surface area (Å²) in [6.45, 7) is 1.91. The van der Waals surface area contributed by atoms with Crippen LogP contribution in [-0.2, 0) is 11.3 Å². The SMILES string of the molecule is CC(Oc1ccc(Cl)cc1Cl)C(=O)Nc1ccc(C(=O)NCc2ccco2)cc1. The maximum Gasteiger partial charge on any atom is 0.265 e. The molecule has 1 unspecified atom stereocenters. The van der Waals surface area contributed by atoms with Crippen LogP contribution in [0, 0.1) is 0 Å². The van der Waals surface area contributed by atoms with Crippen molar-refractivity contribution >= 4 is 40.7 Å². The molecule has 1 aromatic heterocycles. The van der Waals surface area contributed by atoms with Crippen molar-refractivity contribution < 1.29 is 18.7 Å². The second kappa shape index (κ2) is 9.49. The smallest absolute Gasteiger partial charge is 0.265 e. The minimum Gasteiger partial charge on any atom is -0.479 e. The van der Waals surface area contributed by atoms with Crippen molar-refractivity contribution in [1.29, 1.82) is 0 Å². The van der Waals surface area contributed by atoms with Crippen LogP contribution < -0.4 is 15.4 Å². The van der Waals surface area contributed by atoms with Crippen LogP contribution in [0.1, 0.15) is 23.0 Å². The topological polar surface area (TPSA) is 80.6 Å². The average molecular weight is 433 g/mol. The van der Waals surface area contributed by atoms with Crippen molar-refractivity contribution in [2.45, 2.75) is 19.6 Å². The molecular formula is C21H18Cl2N2O4. The molecule has 2 amide bonds. The Morgan fingerprint density at radius 2 is 1.86 bits per heavy atom. The highest BCUT2D eigenvalue weighted by Crippen LogP contribution is 2.28. The lowest BCUT2D eigenvalue weighted by Crippen LogP contribution is -2.30. The van der Waals surface area contributed by atoms with Gasteiger partial charge in [0.1, 0.15) is 11.5 Å². The zero-order valence-corrected chi connectivity index (χ0v) is 17.0. The van der Waals surface area contributed by atoms with Crippen molar-refractivity contribution in [3.63, 3.8) is 0 Å². The van der Waals surface area contributed by atoms with E-state index in [2.05, 4.69) is 10.6 Å². The van der Waals surface area contributed by atoms with E-state index in [1.54, 1.807) is 67.8 Å². The number of amides is 2.